The molecule has 3 nitrogen and oxygen atoms in total. The molecule has 1 aromatic carbocycles. The minimum atomic E-state index is -0.0102. The van der Waals surface area contributed by atoms with Gasteiger partial charge in [0.15, 0.2) is 0 Å². The second-order valence-electron chi connectivity index (χ2n) is 5.06. The van der Waals surface area contributed by atoms with Crippen LogP contribution in [-0.2, 0) is 4.74 Å². The first kappa shape index (κ1) is 11.3. The van der Waals surface area contributed by atoms with Gasteiger partial charge in [-0.25, -0.2) is 0 Å². The lowest BCUT2D eigenvalue weighted by Crippen LogP contribution is -2.40. The summed E-state index contributed by atoms with van der Waals surface area (Å²) in [6.45, 7) is 5.12. The van der Waals surface area contributed by atoms with Crippen molar-refractivity contribution in [3.63, 3.8) is 0 Å². The monoisotopic (exact) mass is 220 g/mol. The summed E-state index contributed by atoms with van der Waals surface area (Å²) in [6.07, 6.45) is 2.10. The summed E-state index contributed by atoms with van der Waals surface area (Å²) < 4.78 is 5.69. The Labute approximate surface area is 97.0 Å². The number of hydrogen-bond donors (Lipinski definition) is 2. The largest absolute Gasteiger partial charge is 0.399 e. The third-order valence-electron chi connectivity index (χ3n) is 2.98. The van der Waals surface area contributed by atoms with Gasteiger partial charge in [0.1, 0.15) is 0 Å². The Kier molecular flexibility index (Phi) is 3.06. The van der Waals surface area contributed by atoms with E-state index in [1.165, 1.54) is 0 Å². The number of anilines is 2. The van der Waals surface area contributed by atoms with Crippen LogP contribution in [0.15, 0.2) is 24.3 Å². The van der Waals surface area contributed by atoms with Gasteiger partial charge in [-0.05, 0) is 51.0 Å². The predicted molar refractivity (Wildman–Crippen MR) is 67.5 cm³/mol. The van der Waals surface area contributed by atoms with Crippen molar-refractivity contribution in [3.8, 4) is 0 Å². The van der Waals surface area contributed by atoms with E-state index in [0.717, 1.165) is 30.8 Å². The molecule has 0 spiro atoms. The first-order valence-electron chi connectivity index (χ1n) is 5.81. The molecule has 1 unspecified atom stereocenters. The van der Waals surface area contributed by atoms with Gasteiger partial charge in [0.05, 0.1) is 5.60 Å². The van der Waals surface area contributed by atoms with Gasteiger partial charge >= 0.3 is 0 Å². The van der Waals surface area contributed by atoms with Crippen LogP contribution in [0, 0.1) is 0 Å². The van der Waals surface area contributed by atoms with Crippen LogP contribution in [-0.4, -0.2) is 18.2 Å². The predicted octanol–water partition coefficient (Wildman–Crippen LogP) is 2.64. The van der Waals surface area contributed by atoms with Crippen LogP contribution >= 0.6 is 0 Å². The molecule has 0 saturated carbocycles. The maximum Gasteiger partial charge on any atom is 0.0646 e. The lowest BCUT2D eigenvalue weighted by atomic mass is 9.94. The molecule has 1 aliphatic rings. The van der Waals surface area contributed by atoms with Crippen LogP contribution in [0.3, 0.4) is 0 Å². The average molecular weight is 220 g/mol. The Morgan fingerprint density at radius 2 is 2.00 bits per heavy atom. The van der Waals surface area contributed by atoms with Crippen molar-refractivity contribution in [2.45, 2.75) is 38.3 Å². The highest BCUT2D eigenvalue weighted by Crippen LogP contribution is 2.26. The van der Waals surface area contributed by atoms with Gasteiger partial charge in [-0.15, -0.1) is 0 Å². The summed E-state index contributed by atoms with van der Waals surface area (Å²) in [7, 11) is 0. The number of nitrogen functional groups attached to an aromatic ring is 1. The van der Waals surface area contributed by atoms with Crippen LogP contribution in [0.5, 0.6) is 0 Å². The van der Waals surface area contributed by atoms with E-state index >= 15 is 0 Å². The zero-order chi connectivity index (χ0) is 11.6. The molecular formula is C13H20N2O. The van der Waals surface area contributed by atoms with Crippen LogP contribution < -0.4 is 11.1 Å². The van der Waals surface area contributed by atoms with Gasteiger partial charge in [0.2, 0.25) is 0 Å². The number of ether oxygens (including phenoxy) is 1. The first-order chi connectivity index (χ1) is 7.55. The Morgan fingerprint density at radius 1 is 1.31 bits per heavy atom. The standard InChI is InChI=1S/C13H20N2O/c1-13(2)9-12(7-8-16-13)15-11-5-3-10(14)4-6-11/h3-6,12,15H,7-9,14H2,1-2H3. The molecule has 1 fully saturated rings. The molecule has 1 atom stereocenters. The summed E-state index contributed by atoms with van der Waals surface area (Å²) >= 11 is 0. The number of benzene rings is 1. The highest BCUT2D eigenvalue weighted by molar-refractivity contribution is 5.51. The van der Waals surface area contributed by atoms with E-state index in [4.69, 9.17) is 10.5 Å². The van der Waals surface area contributed by atoms with Crippen LogP contribution in [0.2, 0.25) is 0 Å². The van der Waals surface area contributed by atoms with Gasteiger partial charge in [-0.2, -0.15) is 0 Å². The fourth-order valence-electron chi connectivity index (χ4n) is 2.17. The fourth-order valence-corrected chi connectivity index (χ4v) is 2.17. The van der Waals surface area contributed by atoms with E-state index in [0.29, 0.717) is 6.04 Å². The third-order valence-corrected chi connectivity index (χ3v) is 2.98. The van der Waals surface area contributed by atoms with Gasteiger partial charge in [-0.3, -0.25) is 0 Å². The molecule has 1 aliphatic heterocycles. The van der Waals surface area contributed by atoms with Crippen molar-refractivity contribution in [2.75, 3.05) is 17.7 Å². The second-order valence-corrected chi connectivity index (χ2v) is 5.06. The lowest BCUT2D eigenvalue weighted by molar-refractivity contribution is -0.0553. The topological polar surface area (TPSA) is 47.3 Å². The molecular weight excluding hydrogens is 200 g/mol. The molecule has 16 heavy (non-hydrogen) atoms. The molecule has 1 saturated heterocycles. The summed E-state index contributed by atoms with van der Waals surface area (Å²) in [6, 6.07) is 8.39. The van der Waals surface area contributed by atoms with E-state index in [2.05, 4.69) is 19.2 Å². The zero-order valence-corrected chi connectivity index (χ0v) is 9.99. The fraction of sp³-hybridized carbons (Fsp3) is 0.538. The van der Waals surface area contributed by atoms with Crippen molar-refractivity contribution < 1.29 is 4.74 Å². The van der Waals surface area contributed by atoms with Crippen molar-refractivity contribution in [1.82, 2.24) is 0 Å². The Morgan fingerprint density at radius 3 is 2.62 bits per heavy atom. The Balaban J connectivity index is 1.97. The third kappa shape index (κ3) is 2.89. The minimum absolute atomic E-state index is 0.0102. The molecule has 3 N–H and O–H groups in total. The summed E-state index contributed by atoms with van der Waals surface area (Å²) in [5.41, 5.74) is 7.58. The van der Waals surface area contributed by atoms with Crippen molar-refractivity contribution in [1.29, 1.82) is 0 Å². The maximum absolute atomic E-state index is 5.69. The molecule has 3 heteroatoms. The Hall–Kier alpha value is -1.22. The van der Waals surface area contributed by atoms with Gasteiger partial charge in [-0.1, -0.05) is 0 Å². The lowest BCUT2D eigenvalue weighted by Gasteiger charge is -2.36. The highest BCUT2D eigenvalue weighted by Gasteiger charge is 2.28. The number of nitrogens with two attached hydrogens (primary N) is 1. The van der Waals surface area contributed by atoms with Gasteiger partial charge < -0.3 is 15.8 Å². The molecule has 0 amide bonds. The molecule has 88 valence electrons. The SMILES string of the molecule is CC1(C)CC(Nc2ccc(N)cc2)CCO1. The number of hydrogen-bond acceptors (Lipinski definition) is 3. The molecule has 1 heterocycles. The van der Waals surface area contributed by atoms with Gasteiger partial charge in [0.25, 0.3) is 0 Å². The van der Waals surface area contributed by atoms with Crippen molar-refractivity contribution >= 4 is 11.4 Å². The molecule has 0 radical (unpaired) electrons. The van der Waals surface area contributed by atoms with Crippen LogP contribution in [0.4, 0.5) is 11.4 Å². The molecule has 1 aromatic rings. The minimum Gasteiger partial charge on any atom is -0.399 e. The van der Waals surface area contributed by atoms with Crippen LogP contribution in [0.1, 0.15) is 26.7 Å². The van der Waals surface area contributed by atoms with Gasteiger partial charge in [0, 0.05) is 24.0 Å². The van der Waals surface area contributed by atoms with E-state index in [-0.39, 0.29) is 5.60 Å². The Bertz CT molecular complexity index is 345. The van der Waals surface area contributed by atoms with E-state index in [1.54, 1.807) is 0 Å². The van der Waals surface area contributed by atoms with Crippen molar-refractivity contribution in [3.05, 3.63) is 24.3 Å². The van der Waals surface area contributed by atoms with E-state index in [1.807, 2.05) is 24.3 Å². The summed E-state index contributed by atoms with van der Waals surface area (Å²) in [5, 5.41) is 3.53. The van der Waals surface area contributed by atoms with Crippen molar-refractivity contribution in [2.24, 2.45) is 0 Å². The van der Waals surface area contributed by atoms with E-state index < -0.39 is 0 Å². The summed E-state index contributed by atoms with van der Waals surface area (Å²) in [5.74, 6) is 0. The number of nitrogens with one attached hydrogen (secondary N) is 1. The zero-order valence-electron chi connectivity index (χ0n) is 9.99. The number of rotatable bonds is 2. The molecule has 2 rings (SSSR count). The average Bonchev–Trinajstić information content (AvgIpc) is 2.20. The first-order valence-corrected chi connectivity index (χ1v) is 5.81. The second kappa shape index (κ2) is 4.34. The normalized spacial score (nSPS) is 24.0. The van der Waals surface area contributed by atoms with E-state index in [9.17, 15) is 0 Å². The van der Waals surface area contributed by atoms with Crippen LogP contribution in [0.25, 0.3) is 0 Å². The molecule has 0 aliphatic carbocycles. The summed E-state index contributed by atoms with van der Waals surface area (Å²) in [4.78, 5) is 0. The molecule has 0 aromatic heterocycles. The quantitative estimate of drug-likeness (QED) is 0.753. The smallest absolute Gasteiger partial charge is 0.0646 e. The maximum atomic E-state index is 5.69. The highest BCUT2D eigenvalue weighted by atomic mass is 16.5. The molecule has 0 bridgehead atoms.